The van der Waals surface area contributed by atoms with Crippen LogP contribution in [-0.4, -0.2) is 93.1 Å². The highest BCUT2D eigenvalue weighted by Gasteiger charge is 2.41. The summed E-state index contributed by atoms with van der Waals surface area (Å²) in [5, 5.41) is 5.80. The number of hydrogen-bond acceptors (Lipinski definition) is 8. The van der Waals surface area contributed by atoms with Gasteiger partial charge in [0.1, 0.15) is 11.6 Å². The summed E-state index contributed by atoms with van der Waals surface area (Å²) in [5.74, 6) is 1.21. The molecule has 8 rings (SSSR count). The number of nitrogens with zero attached hydrogens (tertiary/aromatic N) is 4. The minimum Gasteiger partial charge on any atom is -0.453 e. The van der Waals surface area contributed by atoms with E-state index in [1.165, 1.54) is 14.2 Å². The number of benzene rings is 2. The number of carbonyl (C=O) groups excluding carboxylic acids is 4. The van der Waals surface area contributed by atoms with Crippen molar-refractivity contribution in [3.05, 3.63) is 72.6 Å². The number of imidazole rings is 2. The van der Waals surface area contributed by atoms with Gasteiger partial charge in [-0.15, -0.1) is 0 Å². The molecule has 2 aromatic carbocycles. The minimum absolute atomic E-state index is 0.0810. The van der Waals surface area contributed by atoms with Crippen LogP contribution in [0.1, 0.15) is 101 Å². The largest absolute Gasteiger partial charge is 0.453 e. The van der Waals surface area contributed by atoms with Gasteiger partial charge in [0.05, 0.1) is 61.9 Å². The van der Waals surface area contributed by atoms with Gasteiger partial charge in [-0.2, -0.15) is 0 Å². The number of carbonyl (C=O) groups is 4. The number of hydrogen-bond donors (Lipinski definition) is 4. The fourth-order valence-electron chi connectivity index (χ4n) is 9.66. The number of nitrogens with one attached hydrogen (secondary N) is 4. The molecule has 4 fully saturated rings. The van der Waals surface area contributed by atoms with Gasteiger partial charge in [-0.1, -0.05) is 74.2 Å². The molecule has 0 spiro atoms. The first-order valence-electron chi connectivity index (χ1n) is 20.9. The molecule has 2 aliphatic carbocycles. The molecule has 14 nitrogen and oxygen atoms in total. The summed E-state index contributed by atoms with van der Waals surface area (Å²) in [6, 6.07) is 16.0. The molecular weight excluding hydrogens is 737 g/mol. The summed E-state index contributed by atoms with van der Waals surface area (Å²) < 4.78 is 9.66. The Morgan fingerprint density at radius 2 is 0.931 bits per heavy atom. The van der Waals surface area contributed by atoms with Gasteiger partial charge < -0.3 is 39.9 Å². The Labute approximate surface area is 338 Å². The third kappa shape index (κ3) is 8.19. The zero-order valence-electron chi connectivity index (χ0n) is 33.4. The van der Waals surface area contributed by atoms with Crippen LogP contribution in [-0.2, 0) is 19.1 Å². The van der Waals surface area contributed by atoms with E-state index in [2.05, 4.69) is 69.1 Å². The number of likely N-dealkylation sites (tertiary alicyclic amines) is 2. The molecule has 2 aliphatic heterocycles. The van der Waals surface area contributed by atoms with Crippen molar-refractivity contribution in [2.75, 3.05) is 27.3 Å². The SMILES string of the molecule is COC(=O)N[C@@H]1CCCC[C@H]1C(=O)N1CCC[C@H]1c1ncc(-c2ccc(-c3ccc(-c4cnc([C@@H]5CCCN5C(=O)[C@@H]5CCCC[C@H]5NC(=O)OC)[nH]4)cc3)cc2)[nH]1. The normalized spacial score (nSPS) is 24.7. The Kier molecular flexibility index (Phi) is 11.8. The Morgan fingerprint density at radius 3 is 1.33 bits per heavy atom. The Balaban J connectivity index is 0.901. The molecule has 6 atom stereocenters. The predicted octanol–water partition coefficient (Wildman–Crippen LogP) is 7.29. The molecule has 4 aliphatic rings. The van der Waals surface area contributed by atoms with Crippen LogP contribution in [0.25, 0.3) is 33.6 Å². The van der Waals surface area contributed by atoms with E-state index in [-0.39, 0.29) is 47.8 Å². The van der Waals surface area contributed by atoms with Crippen LogP contribution in [0.2, 0.25) is 0 Å². The van der Waals surface area contributed by atoms with Crippen molar-refractivity contribution in [1.29, 1.82) is 0 Å². The van der Waals surface area contributed by atoms with Crippen molar-refractivity contribution in [3.63, 3.8) is 0 Å². The maximum Gasteiger partial charge on any atom is 0.407 e. The van der Waals surface area contributed by atoms with E-state index in [9.17, 15) is 19.2 Å². The number of amides is 4. The second-order valence-corrected chi connectivity index (χ2v) is 16.2. The molecule has 2 aromatic heterocycles. The number of ether oxygens (including phenoxy) is 2. The molecule has 2 saturated carbocycles. The van der Waals surface area contributed by atoms with E-state index >= 15 is 0 Å². The fourth-order valence-corrected chi connectivity index (χ4v) is 9.66. The van der Waals surface area contributed by atoms with Gasteiger partial charge in [0.2, 0.25) is 11.8 Å². The molecule has 4 amide bonds. The van der Waals surface area contributed by atoms with E-state index in [0.717, 1.165) is 122 Å². The lowest BCUT2D eigenvalue weighted by atomic mass is 9.83. The highest BCUT2D eigenvalue weighted by atomic mass is 16.5. The van der Waals surface area contributed by atoms with Crippen molar-refractivity contribution in [3.8, 4) is 33.6 Å². The lowest BCUT2D eigenvalue weighted by Crippen LogP contribution is -2.49. The monoisotopic (exact) mass is 790 g/mol. The number of aromatic amines is 2. The van der Waals surface area contributed by atoms with Crippen LogP contribution in [0, 0.1) is 11.8 Å². The van der Waals surface area contributed by atoms with Crippen LogP contribution in [0.5, 0.6) is 0 Å². The van der Waals surface area contributed by atoms with E-state index in [1.54, 1.807) is 0 Å². The molecule has 2 saturated heterocycles. The summed E-state index contributed by atoms with van der Waals surface area (Å²) in [6.45, 7) is 1.35. The standard InChI is InChI=1S/C44H54N8O6/c1-57-43(55)49-33-11-5-3-9-31(33)41(53)51-23-7-13-37(51)39-45-25-35(47-39)29-19-15-27(16-20-29)28-17-21-30(22-18-28)36-26-46-40(48-36)38-14-8-24-52(38)42(54)32-10-4-6-12-34(32)50-44(56)58-2/h15-22,25-26,31-34,37-38H,3-14,23-24H2,1-2H3,(H,45,47)(H,46,48)(H,49,55)(H,50,56)/t31-,32-,33-,34-,37+,38+/m1/s1. The zero-order chi connectivity index (χ0) is 40.2. The van der Waals surface area contributed by atoms with Crippen molar-refractivity contribution in [2.45, 2.75) is 101 Å². The van der Waals surface area contributed by atoms with Crippen molar-refractivity contribution < 1.29 is 28.7 Å². The predicted molar refractivity (Wildman–Crippen MR) is 217 cm³/mol. The lowest BCUT2D eigenvalue weighted by molar-refractivity contribution is -0.139. The highest BCUT2D eigenvalue weighted by Crippen LogP contribution is 2.38. The number of alkyl carbamates (subject to hydrolysis) is 2. The third-order valence-electron chi connectivity index (χ3n) is 12.8. The Morgan fingerprint density at radius 1 is 0.552 bits per heavy atom. The van der Waals surface area contributed by atoms with Crippen molar-refractivity contribution in [1.82, 2.24) is 40.4 Å². The number of aromatic nitrogens is 4. The molecule has 0 bridgehead atoms. The first kappa shape index (κ1) is 39.2. The molecule has 4 N–H and O–H groups in total. The third-order valence-corrected chi connectivity index (χ3v) is 12.8. The second kappa shape index (κ2) is 17.5. The molecule has 4 heterocycles. The molecule has 0 radical (unpaired) electrons. The Bertz CT molecular complexity index is 1930. The summed E-state index contributed by atoms with van der Waals surface area (Å²) in [4.78, 5) is 72.1. The average Bonchev–Trinajstić information content (AvgIpc) is 4.11. The van der Waals surface area contributed by atoms with Crippen LogP contribution >= 0.6 is 0 Å². The van der Waals surface area contributed by atoms with Gasteiger partial charge in [0, 0.05) is 25.2 Å². The van der Waals surface area contributed by atoms with Crippen LogP contribution in [0.4, 0.5) is 9.59 Å². The van der Waals surface area contributed by atoms with E-state index in [4.69, 9.17) is 19.4 Å². The number of H-pyrrole nitrogens is 2. The molecule has 4 aromatic rings. The van der Waals surface area contributed by atoms with Gasteiger partial charge in [0.15, 0.2) is 0 Å². The van der Waals surface area contributed by atoms with Gasteiger partial charge in [-0.05, 0) is 73.6 Å². The van der Waals surface area contributed by atoms with Crippen LogP contribution in [0.3, 0.4) is 0 Å². The summed E-state index contributed by atoms with van der Waals surface area (Å²) in [5.41, 5.74) is 5.97. The van der Waals surface area contributed by atoms with Gasteiger partial charge in [-0.25, -0.2) is 19.6 Å². The summed E-state index contributed by atoms with van der Waals surface area (Å²) in [6.07, 6.45) is 13.1. The molecule has 0 unspecified atom stereocenters. The summed E-state index contributed by atoms with van der Waals surface area (Å²) in [7, 11) is 2.70. The quantitative estimate of drug-likeness (QED) is 0.137. The maximum absolute atomic E-state index is 13.9. The van der Waals surface area contributed by atoms with E-state index in [1.807, 2.05) is 22.2 Å². The number of rotatable bonds is 9. The zero-order valence-corrected chi connectivity index (χ0v) is 33.4. The minimum atomic E-state index is -0.491. The molecule has 306 valence electrons. The smallest absolute Gasteiger partial charge is 0.407 e. The van der Waals surface area contributed by atoms with Crippen LogP contribution in [0.15, 0.2) is 60.9 Å². The first-order chi connectivity index (χ1) is 28.3. The molecule has 14 heteroatoms. The van der Waals surface area contributed by atoms with Crippen molar-refractivity contribution >= 4 is 24.0 Å². The lowest BCUT2D eigenvalue weighted by Gasteiger charge is -2.35. The summed E-state index contributed by atoms with van der Waals surface area (Å²) >= 11 is 0. The van der Waals surface area contributed by atoms with E-state index < -0.39 is 12.2 Å². The number of methoxy groups -OCH3 is 2. The Hall–Kier alpha value is -5.66. The maximum atomic E-state index is 13.9. The molecular formula is C44H54N8O6. The van der Waals surface area contributed by atoms with Crippen LogP contribution < -0.4 is 10.6 Å². The van der Waals surface area contributed by atoms with Gasteiger partial charge in [-0.3, -0.25) is 9.59 Å². The first-order valence-corrected chi connectivity index (χ1v) is 20.9. The van der Waals surface area contributed by atoms with E-state index in [0.29, 0.717) is 13.1 Å². The molecule has 58 heavy (non-hydrogen) atoms. The average molecular weight is 791 g/mol. The van der Waals surface area contributed by atoms with Crippen molar-refractivity contribution in [2.24, 2.45) is 11.8 Å². The van der Waals surface area contributed by atoms with Gasteiger partial charge in [0.25, 0.3) is 0 Å². The second-order valence-electron chi connectivity index (χ2n) is 16.2. The highest BCUT2D eigenvalue weighted by molar-refractivity contribution is 5.82. The fraction of sp³-hybridized carbons (Fsp3) is 0.500. The van der Waals surface area contributed by atoms with Gasteiger partial charge >= 0.3 is 12.2 Å². The topological polar surface area (TPSA) is 175 Å².